The van der Waals surface area contributed by atoms with Crippen LogP contribution in [0.2, 0.25) is 0 Å². The van der Waals surface area contributed by atoms with Crippen molar-refractivity contribution < 1.29 is 9.26 Å². The van der Waals surface area contributed by atoms with Gasteiger partial charge in [-0.05, 0) is 18.9 Å². The van der Waals surface area contributed by atoms with Gasteiger partial charge in [0.2, 0.25) is 0 Å². The van der Waals surface area contributed by atoms with Crippen molar-refractivity contribution in [1.29, 1.82) is 0 Å². The van der Waals surface area contributed by atoms with E-state index in [1.807, 2.05) is 18.2 Å². The minimum Gasteiger partial charge on any atom is -0.363 e. The number of aryl methyl sites for hydroxylation is 2. The van der Waals surface area contributed by atoms with E-state index in [9.17, 15) is 0 Å². The Labute approximate surface area is 118 Å². The molecule has 1 fully saturated rings. The fourth-order valence-electron chi connectivity index (χ4n) is 2.17. The Hall–Kier alpha value is -1.72. The van der Waals surface area contributed by atoms with E-state index in [2.05, 4.69) is 34.5 Å². The van der Waals surface area contributed by atoms with E-state index in [4.69, 9.17) is 9.26 Å². The smallest absolute Gasteiger partial charge is 0.252 e. The minimum atomic E-state index is -0.0847. The lowest BCUT2D eigenvalue weighted by Gasteiger charge is -2.38. The van der Waals surface area contributed by atoms with Crippen LogP contribution in [0.1, 0.15) is 24.2 Å². The zero-order chi connectivity index (χ0) is 13.8. The van der Waals surface area contributed by atoms with Crippen LogP contribution in [0.3, 0.4) is 0 Å². The number of hydrogen-bond acceptors (Lipinski definition) is 5. The van der Waals surface area contributed by atoms with Gasteiger partial charge in [0.05, 0.1) is 5.60 Å². The standard InChI is InChI=1S/C15H19N3O2/c1-15(10-16-11-15)19-9-14-17-13(18-20-14)8-7-12-5-3-2-4-6-12/h2-6,16H,7-11H2,1H3. The molecule has 0 bridgehead atoms. The summed E-state index contributed by atoms with van der Waals surface area (Å²) in [5.74, 6) is 1.30. The zero-order valence-corrected chi connectivity index (χ0v) is 11.6. The van der Waals surface area contributed by atoms with Gasteiger partial charge >= 0.3 is 0 Å². The molecule has 0 saturated carbocycles. The van der Waals surface area contributed by atoms with E-state index in [1.165, 1.54) is 5.56 Å². The Morgan fingerprint density at radius 3 is 2.75 bits per heavy atom. The average molecular weight is 273 g/mol. The van der Waals surface area contributed by atoms with Crippen molar-refractivity contribution in [3.63, 3.8) is 0 Å². The third-order valence-corrected chi connectivity index (χ3v) is 3.53. The quantitative estimate of drug-likeness (QED) is 0.868. The molecule has 3 rings (SSSR count). The number of nitrogens with one attached hydrogen (secondary N) is 1. The molecule has 1 aliphatic heterocycles. The molecule has 0 amide bonds. The Kier molecular flexibility index (Phi) is 3.80. The van der Waals surface area contributed by atoms with Crippen molar-refractivity contribution in [2.75, 3.05) is 13.1 Å². The summed E-state index contributed by atoms with van der Waals surface area (Å²) in [6, 6.07) is 10.3. The lowest BCUT2D eigenvalue weighted by molar-refractivity contribution is -0.0841. The summed E-state index contributed by atoms with van der Waals surface area (Å²) in [5.41, 5.74) is 1.20. The monoisotopic (exact) mass is 273 g/mol. The third kappa shape index (κ3) is 3.23. The van der Waals surface area contributed by atoms with E-state index in [1.54, 1.807) is 0 Å². The summed E-state index contributed by atoms with van der Waals surface area (Å²) in [7, 11) is 0. The van der Waals surface area contributed by atoms with Gasteiger partial charge in [-0.15, -0.1) is 0 Å². The predicted octanol–water partition coefficient (Wildman–Crippen LogP) is 1.73. The SMILES string of the molecule is CC1(OCc2nc(CCc3ccccc3)no2)CNC1. The lowest BCUT2D eigenvalue weighted by atomic mass is 10.0. The number of rotatable bonds is 6. The van der Waals surface area contributed by atoms with Crippen molar-refractivity contribution in [1.82, 2.24) is 15.5 Å². The van der Waals surface area contributed by atoms with E-state index < -0.39 is 0 Å². The molecule has 0 aliphatic carbocycles. The van der Waals surface area contributed by atoms with Crippen LogP contribution in [-0.2, 0) is 24.2 Å². The van der Waals surface area contributed by atoms with Crippen molar-refractivity contribution in [2.45, 2.75) is 32.0 Å². The van der Waals surface area contributed by atoms with Crippen molar-refractivity contribution in [3.05, 3.63) is 47.6 Å². The summed E-state index contributed by atoms with van der Waals surface area (Å²) in [5, 5.41) is 7.18. The Morgan fingerprint density at radius 2 is 2.05 bits per heavy atom. The number of aromatic nitrogens is 2. The number of benzene rings is 1. The fourth-order valence-corrected chi connectivity index (χ4v) is 2.17. The first-order valence-electron chi connectivity index (χ1n) is 6.94. The number of ether oxygens (including phenoxy) is 1. The van der Waals surface area contributed by atoms with Gasteiger partial charge < -0.3 is 14.6 Å². The first-order valence-corrected chi connectivity index (χ1v) is 6.94. The van der Waals surface area contributed by atoms with Gasteiger partial charge in [-0.2, -0.15) is 4.98 Å². The molecular formula is C15H19N3O2. The topological polar surface area (TPSA) is 60.2 Å². The van der Waals surface area contributed by atoms with Crippen molar-refractivity contribution in [3.8, 4) is 0 Å². The zero-order valence-electron chi connectivity index (χ0n) is 11.6. The molecule has 1 aromatic heterocycles. The molecule has 0 radical (unpaired) electrons. The number of nitrogens with zero attached hydrogens (tertiary/aromatic N) is 2. The Morgan fingerprint density at radius 1 is 1.25 bits per heavy atom. The highest BCUT2D eigenvalue weighted by Crippen LogP contribution is 2.17. The van der Waals surface area contributed by atoms with Gasteiger partial charge in [0.25, 0.3) is 5.89 Å². The van der Waals surface area contributed by atoms with Gasteiger partial charge in [0, 0.05) is 19.5 Å². The lowest BCUT2D eigenvalue weighted by Crippen LogP contribution is -2.58. The van der Waals surface area contributed by atoms with Crippen LogP contribution in [-0.4, -0.2) is 28.8 Å². The van der Waals surface area contributed by atoms with Crippen LogP contribution < -0.4 is 5.32 Å². The summed E-state index contributed by atoms with van der Waals surface area (Å²) in [4.78, 5) is 4.36. The van der Waals surface area contributed by atoms with Crippen LogP contribution >= 0.6 is 0 Å². The van der Waals surface area contributed by atoms with Crippen LogP contribution in [0.5, 0.6) is 0 Å². The van der Waals surface area contributed by atoms with Crippen LogP contribution in [0.15, 0.2) is 34.9 Å². The van der Waals surface area contributed by atoms with Gasteiger partial charge in [0.15, 0.2) is 5.82 Å². The van der Waals surface area contributed by atoms with E-state index in [-0.39, 0.29) is 5.60 Å². The first-order chi connectivity index (χ1) is 9.73. The molecule has 2 aromatic rings. The van der Waals surface area contributed by atoms with Crippen molar-refractivity contribution in [2.24, 2.45) is 0 Å². The molecule has 1 aromatic carbocycles. The Bertz CT molecular complexity index is 549. The molecule has 20 heavy (non-hydrogen) atoms. The van der Waals surface area contributed by atoms with E-state index in [0.29, 0.717) is 12.5 Å². The van der Waals surface area contributed by atoms with Gasteiger partial charge in [0.1, 0.15) is 6.61 Å². The van der Waals surface area contributed by atoms with Gasteiger partial charge in [-0.1, -0.05) is 35.5 Å². The maximum atomic E-state index is 5.77. The van der Waals surface area contributed by atoms with Crippen LogP contribution in [0.25, 0.3) is 0 Å². The molecule has 5 nitrogen and oxygen atoms in total. The molecule has 1 N–H and O–H groups in total. The summed E-state index contributed by atoms with van der Waals surface area (Å²) < 4.78 is 11.0. The second-order valence-electron chi connectivity index (χ2n) is 5.43. The highest BCUT2D eigenvalue weighted by molar-refractivity contribution is 5.15. The largest absolute Gasteiger partial charge is 0.363 e. The molecule has 2 heterocycles. The predicted molar refractivity (Wildman–Crippen MR) is 74.2 cm³/mol. The van der Waals surface area contributed by atoms with E-state index in [0.717, 1.165) is 31.8 Å². The summed E-state index contributed by atoms with van der Waals surface area (Å²) >= 11 is 0. The maximum Gasteiger partial charge on any atom is 0.252 e. The highest BCUT2D eigenvalue weighted by atomic mass is 16.5. The second-order valence-corrected chi connectivity index (χ2v) is 5.43. The summed E-state index contributed by atoms with van der Waals surface area (Å²) in [6.07, 6.45) is 1.70. The molecule has 1 aliphatic rings. The maximum absolute atomic E-state index is 5.77. The highest BCUT2D eigenvalue weighted by Gasteiger charge is 2.32. The first kappa shape index (κ1) is 13.3. The molecule has 0 atom stereocenters. The minimum absolute atomic E-state index is 0.0847. The molecule has 0 unspecified atom stereocenters. The van der Waals surface area contributed by atoms with Gasteiger partial charge in [-0.25, -0.2) is 0 Å². The molecule has 1 saturated heterocycles. The molecule has 0 spiro atoms. The molecular weight excluding hydrogens is 254 g/mol. The molecule has 5 heteroatoms. The van der Waals surface area contributed by atoms with Crippen LogP contribution in [0, 0.1) is 0 Å². The average Bonchev–Trinajstić information content (AvgIpc) is 2.90. The Balaban J connectivity index is 1.49. The second kappa shape index (κ2) is 5.73. The summed E-state index contributed by atoms with van der Waals surface area (Å²) in [6.45, 7) is 4.22. The van der Waals surface area contributed by atoms with Crippen molar-refractivity contribution >= 4 is 0 Å². The third-order valence-electron chi connectivity index (χ3n) is 3.53. The van der Waals surface area contributed by atoms with E-state index >= 15 is 0 Å². The van der Waals surface area contributed by atoms with Crippen LogP contribution in [0.4, 0.5) is 0 Å². The van der Waals surface area contributed by atoms with Gasteiger partial charge in [-0.3, -0.25) is 0 Å². The normalized spacial score (nSPS) is 16.9. The fraction of sp³-hybridized carbons (Fsp3) is 0.467. The molecule has 106 valence electrons. The number of hydrogen-bond donors (Lipinski definition) is 1.